The lowest BCUT2D eigenvalue weighted by molar-refractivity contribution is -0.0396. The van der Waals surface area contributed by atoms with Crippen LogP contribution >= 0.6 is 0 Å². The minimum Gasteiger partial charge on any atom is -0.373 e. The van der Waals surface area contributed by atoms with E-state index in [0.29, 0.717) is 11.7 Å². The fourth-order valence-corrected chi connectivity index (χ4v) is 4.28. The van der Waals surface area contributed by atoms with E-state index in [1.54, 1.807) is 18.6 Å². The highest BCUT2D eigenvalue weighted by Crippen LogP contribution is 2.38. The molecule has 0 N–H and O–H groups in total. The zero-order valence-corrected chi connectivity index (χ0v) is 14.9. The van der Waals surface area contributed by atoms with Crippen LogP contribution in [-0.4, -0.2) is 95.1 Å². The molecule has 0 aliphatic carbocycles. The highest BCUT2D eigenvalue weighted by Gasteiger charge is 2.45. The van der Waals surface area contributed by atoms with Gasteiger partial charge >= 0.3 is 0 Å². The number of likely N-dealkylation sites (N-methyl/N-ethyl adjacent to an activating group) is 1. The lowest BCUT2D eigenvalue weighted by Crippen LogP contribution is -2.50. The monoisotopic (exact) mass is 345 g/mol. The second kappa shape index (κ2) is 6.97. The number of hydrogen-bond acceptors (Lipinski definition) is 6. The van der Waals surface area contributed by atoms with Gasteiger partial charge in [0.05, 0.1) is 18.4 Å². The predicted molar refractivity (Wildman–Crippen MR) is 93.3 cm³/mol. The van der Waals surface area contributed by atoms with Crippen molar-refractivity contribution in [2.45, 2.75) is 30.9 Å². The lowest BCUT2D eigenvalue weighted by atomic mass is 9.87. The van der Waals surface area contributed by atoms with Gasteiger partial charge in [0.2, 0.25) is 0 Å². The summed E-state index contributed by atoms with van der Waals surface area (Å²) in [5.74, 6) is -0.0171. The van der Waals surface area contributed by atoms with E-state index in [1.807, 2.05) is 4.90 Å². The summed E-state index contributed by atoms with van der Waals surface area (Å²) in [4.78, 5) is 27.5. The highest BCUT2D eigenvalue weighted by molar-refractivity contribution is 5.92. The summed E-state index contributed by atoms with van der Waals surface area (Å²) in [6.07, 6.45) is 7.64. The molecular weight excluding hydrogens is 318 g/mol. The third kappa shape index (κ3) is 3.54. The van der Waals surface area contributed by atoms with Crippen LogP contribution < -0.4 is 0 Å². The van der Waals surface area contributed by atoms with Crippen molar-refractivity contribution in [3.05, 3.63) is 24.3 Å². The molecule has 1 aromatic rings. The van der Waals surface area contributed by atoms with Crippen LogP contribution in [0.5, 0.6) is 0 Å². The van der Waals surface area contributed by atoms with Crippen molar-refractivity contribution in [1.29, 1.82) is 0 Å². The number of likely N-dealkylation sites (tertiary alicyclic amines) is 1. The van der Waals surface area contributed by atoms with Gasteiger partial charge in [-0.1, -0.05) is 0 Å². The first-order valence-corrected chi connectivity index (χ1v) is 9.27. The molecule has 0 bridgehead atoms. The number of piperidine rings is 1. The van der Waals surface area contributed by atoms with Crippen molar-refractivity contribution in [1.82, 2.24) is 24.7 Å². The first-order valence-electron chi connectivity index (χ1n) is 9.27. The van der Waals surface area contributed by atoms with Crippen LogP contribution in [0.1, 0.15) is 29.8 Å². The Morgan fingerprint density at radius 3 is 2.60 bits per heavy atom. The normalized spacial score (nSPS) is 27.7. The molecule has 1 aromatic heterocycles. The molecule has 3 aliphatic heterocycles. The van der Waals surface area contributed by atoms with E-state index in [9.17, 15) is 4.79 Å². The minimum atomic E-state index is -0.0346. The van der Waals surface area contributed by atoms with Gasteiger partial charge in [0.1, 0.15) is 5.69 Å². The molecule has 4 rings (SSSR count). The molecule has 0 unspecified atom stereocenters. The minimum absolute atomic E-state index is 0.0171. The number of piperazine rings is 1. The van der Waals surface area contributed by atoms with Gasteiger partial charge in [-0.3, -0.25) is 14.7 Å². The number of nitrogens with zero attached hydrogens (tertiary/aromatic N) is 5. The van der Waals surface area contributed by atoms with Crippen molar-refractivity contribution < 1.29 is 9.53 Å². The number of aromatic nitrogens is 2. The smallest absolute Gasteiger partial charge is 0.274 e. The summed E-state index contributed by atoms with van der Waals surface area (Å²) in [6.45, 7) is 6.88. The van der Waals surface area contributed by atoms with Crippen LogP contribution in [0.15, 0.2) is 18.6 Å². The van der Waals surface area contributed by atoms with Crippen LogP contribution in [0, 0.1) is 0 Å². The summed E-state index contributed by atoms with van der Waals surface area (Å²) in [5.41, 5.74) is 0.397. The molecule has 25 heavy (non-hydrogen) atoms. The Labute approximate surface area is 149 Å². The van der Waals surface area contributed by atoms with Gasteiger partial charge in [-0.2, -0.15) is 0 Å². The standard InChI is InChI=1S/C18H27N5O2/c1-21-8-10-22(11-9-21)15-12-18(25-14-15)2-6-23(7-3-18)17(24)16-13-19-4-5-20-16/h4-5,13,15H,2-3,6-12,14H2,1H3/t15-/m0/s1. The van der Waals surface area contributed by atoms with Gasteiger partial charge in [0.15, 0.2) is 0 Å². The first kappa shape index (κ1) is 16.9. The summed E-state index contributed by atoms with van der Waals surface area (Å²) in [5, 5.41) is 0. The van der Waals surface area contributed by atoms with Crippen molar-refractivity contribution in [3.8, 4) is 0 Å². The second-order valence-corrected chi connectivity index (χ2v) is 7.57. The van der Waals surface area contributed by atoms with Crippen molar-refractivity contribution in [2.24, 2.45) is 0 Å². The molecule has 136 valence electrons. The maximum Gasteiger partial charge on any atom is 0.274 e. The van der Waals surface area contributed by atoms with Gasteiger partial charge in [-0.05, 0) is 26.3 Å². The maximum atomic E-state index is 12.5. The molecule has 4 heterocycles. The SMILES string of the molecule is CN1CCN([C@@H]2COC3(CCN(C(=O)c4cnccn4)CC3)C2)CC1. The molecule has 0 aromatic carbocycles. The molecule has 7 heteroatoms. The van der Waals surface area contributed by atoms with Gasteiger partial charge < -0.3 is 14.5 Å². The quantitative estimate of drug-likeness (QED) is 0.777. The highest BCUT2D eigenvalue weighted by atomic mass is 16.5. The molecule has 0 saturated carbocycles. The Morgan fingerprint density at radius 2 is 1.92 bits per heavy atom. The topological polar surface area (TPSA) is 61.8 Å². The van der Waals surface area contributed by atoms with Crippen molar-refractivity contribution >= 4 is 5.91 Å². The van der Waals surface area contributed by atoms with Crippen LogP contribution in [-0.2, 0) is 4.74 Å². The molecule has 7 nitrogen and oxygen atoms in total. The Morgan fingerprint density at radius 1 is 1.16 bits per heavy atom. The average molecular weight is 345 g/mol. The number of amides is 1. The largest absolute Gasteiger partial charge is 0.373 e. The zero-order chi connectivity index (χ0) is 17.3. The number of ether oxygens (including phenoxy) is 1. The Bertz CT molecular complexity index is 595. The molecule has 3 fully saturated rings. The van der Waals surface area contributed by atoms with Crippen LogP contribution in [0.25, 0.3) is 0 Å². The molecule has 3 aliphatic rings. The van der Waals surface area contributed by atoms with E-state index < -0.39 is 0 Å². The number of hydrogen-bond donors (Lipinski definition) is 0. The molecule has 1 spiro atoms. The van der Waals surface area contributed by atoms with Gasteiger partial charge in [0.25, 0.3) is 5.91 Å². The molecular formula is C18H27N5O2. The lowest BCUT2D eigenvalue weighted by Gasteiger charge is -2.39. The van der Waals surface area contributed by atoms with Crippen LogP contribution in [0.4, 0.5) is 0 Å². The summed E-state index contributed by atoms with van der Waals surface area (Å²) >= 11 is 0. The Hall–Kier alpha value is -1.57. The van der Waals surface area contributed by atoms with E-state index in [2.05, 4.69) is 26.8 Å². The van der Waals surface area contributed by atoms with E-state index in [0.717, 1.165) is 65.1 Å². The molecule has 3 saturated heterocycles. The maximum absolute atomic E-state index is 12.5. The number of rotatable bonds is 2. The number of carbonyl (C=O) groups excluding carboxylic acids is 1. The average Bonchev–Trinajstić information content (AvgIpc) is 3.07. The summed E-state index contributed by atoms with van der Waals surface area (Å²) in [7, 11) is 2.19. The van der Waals surface area contributed by atoms with Gasteiger partial charge in [-0.15, -0.1) is 0 Å². The Balaban J connectivity index is 1.32. The van der Waals surface area contributed by atoms with E-state index in [4.69, 9.17) is 4.74 Å². The third-order valence-corrected chi connectivity index (χ3v) is 5.99. The Kier molecular flexibility index (Phi) is 4.71. The van der Waals surface area contributed by atoms with E-state index in [1.165, 1.54) is 0 Å². The first-order chi connectivity index (χ1) is 12.2. The van der Waals surface area contributed by atoms with E-state index in [-0.39, 0.29) is 11.5 Å². The molecule has 0 radical (unpaired) electrons. The van der Waals surface area contributed by atoms with Gasteiger partial charge in [-0.25, -0.2) is 4.98 Å². The van der Waals surface area contributed by atoms with Crippen LogP contribution in [0.3, 0.4) is 0 Å². The fraction of sp³-hybridized carbons (Fsp3) is 0.722. The van der Waals surface area contributed by atoms with E-state index >= 15 is 0 Å². The predicted octanol–water partition coefficient (Wildman–Crippen LogP) is 0.488. The van der Waals surface area contributed by atoms with Crippen molar-refractivity contribution in [3.63, 3.8) is 0 Å². The third-order valence-electron chi connectivity index (χ3n) is 5.99. The number of carbonyl (C=O) groups is 1. The molecule has 1 atom stereocenters. The van der Waals surface area contributed by atoms with Crippen LogP contribution in [0.2, 0.25) is 0 Å². The second-order valence-electron chi connectivity index (χ2n) is 7.57. The fourth-order valence-electron chi connectivity index (χ4n) is 4.28. The molecule has 1 amide bonds. The van der Waals surface area contributed by atoms with Gasteiger partial charge in [0, 0.05) is 57.7 Å². The summed E-state index contributed by atoms with van der Waals surface area (Å²) in [6, 6.07) is 0.538. The summed E-state index contributed by atoms with van der Waals surface area (Å²) < 4.78 is 6.29. The van der Waals surface area contributed by atoms with Crippen molar-refractivity contribution in [2.75, 3.05) is 52.9 Å². The zero-order valence-electron chi connectivity index (χ0n) is 14.9.